The van der Waals surface area contributed by atoms with E-state index in [1.54, 1.807) is 22.3 Å². The SMILES string of the molecule is O=C(CN1CCO[C@@H](Cn2cncn2)C1)NCCc1ccsc1. The molecule has 0 aromatic carbocycles. The Bertz CT molecular complexity index is 587. The second kappa shape index (κ2) is 8.19. The summed E-state index contributed by atoms with van der Waals surface area (Å²) in [7, 11) is 0. The molecule has 1 atom stereocenters. The third-order valence-electron chi connectivity index (χ3n) is 3.76. The molecule has 0 radical (unpaired) electrons. The number of hydrogen-bond acceptors (Lipinski definition) is 6. The Kier molecular flexibility index (Phi) is 5.73. The fourth-order valence-corrected chi connectivity index (χ4v) is 3.31. The molecule has 1 aliphatic heterocycles. The van der Waals surface area contributed by atoms with Crippen LogP contribution in [-0.2, 0) is 22.5 Å². The van der Waals surface area contributed by atoms with E-state index in [0.29, 0.717) is 26.2 Å². The normalized spacial score (nSPS) is 18.9. The van der Waals surface area contributed by atoms with Crippen LogP contribution >= 0.6 is 11.3 Å². The van der Waals surface area contributed by atoms with Crippen molar-refractivity contribution in [2.75, 3.05) is 32.8 Å². The van der Waals surface area contributed by atoms with Crippen LogP contribution < -0.4 is 5.32 Å². The molecule has 2 aromatic heterocycles. The van der Waals surface area contributed by atoms with Crippen LogP contribution in [0.2, 0.25) is 0 Å². The number of carbonyl (C=O) groups is 1. The molecule has 124 valence electrons. The third kappa shape index (κ3) is 5.12. The summed E-state index contributed by atoms with van der Waals surface area (Å²) in [4.78, 5) is 18.1. The predicted octanol–water partition coefficient (Wildman–Crippen LogP) is 0.399. The average Bonchev–Trinajstić information content (AvgIpc) is 3.21. The molecule has 3 heterocycles. The number of nitrogens with one attached hydrogen (secondary N) is 1. The van der Waals surface area contributed by atoms with Crippen molar-refractivity contribution in [2.24, 2.45) is 0 Å². The molecule has 0 spiro atoms. The topological polar surface area (TPSA) is 72.3 Å². The summed E-state index contributed by atoms with van der Waals surface area (Å²) in [5.74, 6) is 0.0710. The van der Waals surface area contributed by atoms with Crippen molar-refractivity contribution in [3.05, 3.63) is 35.0 Å². The number of thiophene rings is 1. The molecule has 2 aromatic rings. The number of aromatic nitrogens is 3. The lowest BCUT2D eigenvalue weighted by Crippen LogP contribution is -2.48. The molecule has 1 amide bonds. The number of amides is 1. The zero-order valence-electron chi connectivity index (χ0n) is 12.9. The zero-order valence-corrected chi connectivity index (χ0v) is 13.7. The van der Waals surface area contributed by atoms with Crippen molar-refractivity contribution in [1.29, 1.82) is 0 Å². The van der Waals surface area contributed by atoms with Gasteiger partial charge < -0.3 is 10.1 Å². The van der Waals surface area contributed by atoms with E-state index in [1.165, 1.54) is 11.9 Å². The van der Waals surface area contributed by atoms with Crippen LogP contribution in [0.15, 0.2) is 29.5 Å². The summed E-state index contributed by atoms with van der Waals surface area (Å²) in [6.07, 6.45) is 4.12. The van der Waals surface area contributed by atoms with E-state index in [2.05, 4.69) is 37.1 Å². The first-order chi connectivity index (χ1) is 11.3. The van der Waals surface area contributed by atoms with Gasteiger partial charge in [0.2, 0.25) is 5.91 Å². The second-order valence-corrected chi connectivity index (χ2v) is 6.36. The summed E-state index contributed by atoms with van der Waals surface area (Å²) in [6, 6.07) is 2.09. The molecular weight excluding hydrogens is 314 g/mol. The first-order valence-corrected chi connectivity index (χ1v) is 8.68. The Labute approximate surface area is 139 Å². The third-order valence-corrected chi connectivity index (χ3v) is 4.50. The molecule has 1 saturated heterocycles. The maximum Gasteiger partial charge on any atom is 0.234 e. The summed E-state index contributed by atoms with van der Waals surface area (Å²) in [5.41, 5.74) is 1.27. The van der Waals surface area contributed by atoms with Crippen LogP contribution in [0.4, 0.5) is 0 Å². The van der Waals surface area contributed by atoms with Gasteiger partial charge in [0.15, 0.2) is 0 Å². The second-order valence-electron chi connectivity index (χ2n) is 5.58. The van der Waals surface area contributed by atoms with Gasteiger partial charge in [0.1, 0.15) is 12.7 Å². The highest BCUT2D eigenvalue weighted by Crippen LogP contribution is 2.07. The van der Waals surface area contributed by atoms with E-state index in [9.17, 15) is 4.79 Å². The van der Waals surface area contributed by atoms with Gasteiger partial charge in [-0.05, 0) is 28.8 Å². The molecule has 0 unspecified atom stereocenters. The van der Waals surface area contributed by atoms with Gasteiger partial charge in [-0.2, -0.15) is 16.4 Å². The molecule has 7 nitrogen and oxygen atoms in total. The van der Waals surface area contributed by atoms with Crippen LogP contribution in [0.5, 0.6) is 0 Å². The van der Waals surface area contributed by atoms with Gasteiger partial charge in [0.25, 0.3) is 0 Å². The maximum atomic E-state index is 12.0. The highest BCUT2D eigenvalue weighted by atomic mass is 32.1. The highest BCUT2D eigenvalue weighted by Gasteiger charge is 2.22. The minimum Gasteiger partial charge on any atom is -0.374 e. The van der Waals surface area contributed by atoms with Crippen molar-refractivity contribution in [2.45, 2.75) is 19.1 Å². The number of ether oxygens (including phenoxy) is 1. The van der Waals surface area contributed by atoms with E-state index in [4.69, 9.17) is 4.74 Å². The Morgan fingerprint density at radius 1 is 1.52 bits per heavy atom. The van der Waals surface area contributed by atoms with Crippen molar-refractivity contribution >= 4 is 17.2 Å². The Morgan fingerprint density at radius 2 is 2.48 bits per heavy atom. The van der Waals surface area contributed by atoms with Crippen molar-refractivity contribution < 1.29 is 9.53 Å². The molecule has 23 heavy (non-hydrogen) atoms. The first-order valence-electron chi connectivity index (χ1n) is 7.74. The predicted molar refractivity (Wildman–Crippen MR) is 87.2 cm³/mol. The number of rotatable bonds is 7. The average molecular weight is 335 g/mol. The highest BCUT2D eigenvalue weighted by molar-refractivity contribution is 7.07. The van der Waals surface area contributed by atoms with E-state index in [-0.39, 0.29) is 12.0 Å². The van der Waals surface area contributed by atoms with Crippen molar-refractivity contribution in [1.82, 2.24) is 25.0 Å². The smallest absolute Gasteiger partial charge is 0.234 e. The lowest BCUT2D eigenvalue weighted by molar-refractivity contribution is -0.124. The largest absolute Gasteiger partial charge is 0.374 e. The summed E-state index contributed by atoms with van der Waals surface area (Å²) in [5, 5.41) is 11.2. The van der Waals surface area contributed by atoms with Gasteiger partial charge in [0.05, 0.1) is 25.8 Å². The van der Waals surface area contributed by atoms with Crippen LogP contribution in [0.25, 0.3) is 0 Å². The molecule has 0 bridgehead atoms. The Balaban J connectivity index is 1.37. The van der Waals surface area contributed by atoms with Gasteiger partial charge >= 0.3 is 0 Å². The lowest BCUT2D eigenvalue weighted by Gasteiger charge is -2.32. The van der Waals surface area contributed by atoms with Crippen LogP contribution in [0.1, 0.15) is 5.56 Å². The quantitative estimate of drug-likeness (QED) is 0.793. The molecule has 3 rings (SSSR count). The van der Waals surface area contributed by atoms with Crippen LogP contribution in [0, 0.1) is 0 Å². The van der Waals surface area contributed by atoms with E-state index in [1.807, 2.05) is 0 Å². The van der Waals surface area contributed by atoms with E-state index in [0.717, 1.165) is 19.5 Å². The van der Waals surface area contributed by atoms with E-state index < -0.39 is 0 Å². The fourth-order valence-electron chi connectivity index (χ4n) is 2.61. The minimum atomic E-state index is 0.0454. The fraction of sp³-hybridized carbons (Fsp3) is 0.533. The zero-order chi connectivity index (χ0) is 15.9. The van der Waals surface area contributed by atoms with Gasteiger partial charge in [-0.15, -0.1) is 0 Å². The van der Waals surface area contributed by atoms with Crippen molar-refractivity contribution in [3.8, 4) is 0 Å². The monoisotopic (exact) mass is 335 g/mol. The van der Waals surface area contributed by atoms with E-state index >= 15 is 0 Å². The van der Waals surface area contributed by atoms with Gasteiger partial charge in [-0.1, -0.05) is 0 Å². The molecule has 0 aliphatic carbocycles. The number of carbonyl (C=O) groups excluding carboxylic acids is 1. The molecule has 8 heteroatoms. The molecule has 1 N–H and O–H groups in total. The minimum absolute atomic E-state index is 0.0454. The number of morpholine rings is 1. The Morgan fingerprint density at radius 3 is 3.26 bits per heavy atom. The number of nitrogens with zero attached hydrogens (tertiary/aromatic N) is 4. The molecular formula is C15H21N5O2S. The van der Waals surface area contributed by atoms with Crippen molar-refractivity contribution in [3.63, 3.8) is 0 Å². The summed E-state index contributed by atoms with van der Waals surface area (Å²) >= 11 is 1.68. The molecule has 0 saturated carbocycles. The number of hydrogen-bond donors (Lipinski definition) is 1. The molecule has 1 aliphatic rings. The standard InChI is InChI=1S/C15H21N5O2S/c21-15(17-3-1-13-2-6-23-10-13)9-19-4-5-22-14(7-19)8-20-12-16-11-18-20/h2,6,10-12,14H,1,3-5,7-9H2,(H,17,21)/t14-/m1/s1. The lowest BCUT2D eigenvalue weighted by atomic mass is 10.2. The van der Waals surface area contributed by atoms with Crippen LogP contribution in [0.3, 0.4) is 0 Å². The van der Waals surface area contributed by atoms with Gasteiger partial charge in [-0.3, -0.25) is 14.4 Å². The summed E-state index contributed by atoms with van der Waals surface area (Å²) < 4.78 is 7.49. The van der Waals surface area contributed by atoms with Gasteiger partial charge in [0, 0.05) is 19.6 Å². The maximum absolute atomic E-state index is 12.0. The Hall–Kier alpha value is -1.77. The molecule has 1 fully saturated rings. The van der Waals surface area contributed by atoms with Gasteiger partial charge in [-0.25, -0.2) is 4.98 Å². The summed E-state index contributed by atoms with van der Waals surface area (Å²) in [6.45, 7) is 3.92. The van der Waals surface area contributed by atoms with Crippen LogP contribution in [-0.4, -0.2) is 64.5 Å². The first kappa shape index (κ1) is 16.1.